The molecule has 1 aliphatic carbocycles. The van der Waals surface area contributed by atoms with E-state index in [1.165, 1.54) is 12.3 Å². The van der Waals surface area contributed by atoms with Crippen LogP contribution in [0.4, 0.5) is 4.39 Å². The number of benzene rings is 2. The van der Waals surface area contributed by atoms with E-state index in [4.69, 9.17) is 0 Å². The van der Waals surface area contributed by atoms with Crippen molar-refractivity contribution in [1.82, 2.24) is 13.8 Å². The quantitative estimate of drug-likeness (QED) is 0.481. The number of aromatic nitrogens is 3. The highest BCUT2D eigenvalue weighted by Crippen LogP contribution is 2.35. The van der Waals surface area contributed by atoms with Crippen LogP contribution in [0.5, 0.6) is 0 Å². The highest BCUT2D eigenvalue weighted by Gasteiger charge is 2.25. The summed E-state index contributed by atoms with van der Waals surface area (Å²) in [5, 5.41) is 4.38. The van der Waals surface area contributed by atoms with Crippen molar-refractivity contribution in [2.45, 2.75) is 23.8 Å². The molecule has 0 bridgehead atoms. The molecule has 0 spiro atoms. The number of nitrogens with zero attached hydrogens (tertiary/aromatic N) is 3. The summed E-state index contributed by atoms with van der Waals surface area (Å²) in [5.41, 5.74) is 2.17. The molecule has 1 aliphatic rings. The highest BCUT2D eigenvalue weighted by molar-refractivity contribution is 7.90. The van der Waals surface area contributed by atoms with Crippen LogP contribution in [0.25, 0.3) is 22.4 Å². The fourth-order valence-electron chi connectivity index (χ4n) is 3.43. The van der Waals surface area contributed by atoms with Gasteiger partial charge in [-0.05, 0) is 54.8 Å². The fraction of sp³-hybridized carbons (Fsp3) is 0.136. The minimum absolute atomic E-state index is 0.142. The second-order valence-electron chi connectivity index (χ2n) is 7.14. The van der Waals surface area contributed by atoms with E-state index in [1.807, 2.05) is 16.9 Å². The third-order valence-electron chi connectivity index (χ3n) is 5.11. The van der Waals surface area contributed by atoms with E-state index in [0.717, 1.165) is 27.9 Å². The zero-order chi connectivity index (χ0) is 20.0. The number of halogens is 1. The summed E-state index contributed by atoms with van der Waals surface area (Å²) in [6.07, 6.45) is 7.40. The van der Waals surface area contributed by atoms with Crippen LogP contribution in [-0.4, -0.2) is 22.2 Å². The predicted octanol–water partition coefficient (Wildman–Crippen LogP) is 4.73. The predicted molar refractivity (Wildman–Crippen MR) is 108 cm³/mol. The lowest BCUT2D eigenvalue weighted by atomic mass is 10.1. The molecule has 1 fully saturated rings. The topological polar surface area (TPSA) is 56.9 Å². The average Bonchev–Trinajstić information content (AvgIpc) is 3.26. The molecule has 2 aromatic carbocycles. The molecule has 0 N–H and O–H groups in total. The van der Waals surface area contributed by atoms with Crippen molar-refractivity contribution in [3.05, 3.63) is 85.1 Å². The molecule has 0 aliphatic heterocycles. The molecule has 0 atom stereocenters. The maximum Gasteiger partial charge on any atom is 0.268 e. The number of rotatable bonds is 5. The van der Waals surface area contributed by atoms with Crippen LogP contribution >= 0.6 is 0 Å². The smallest absolute Gasteiger partial charge is 0.268 e. The zero-order valence-electron chi connectivity index (χ0n) is 15.4. The molecule has 2 heterocycles. The van der Waals surface area contributed by atoms with E-state index in [0.29, 0.717) is 6.04 Å². The first-order valence-corrected chi connectivity index (χ1v) is 10.8. The molecule has 1 saturated carbocycles. The minimum Gasteiger partial charge on any atom is -0.269 e. The van der Waals surface area contributed by atoms with Crippen LogP contribution in [0.1, 0.15) is 18.9 Å². The molecule has 2 aromatic heterocycles. The van der Waals surface area contributed by atoms with Gasteiger partial charge >= 0.3 is 0 Å². The van der Waals surface area contributed by atoms with Crippen molar-refractivity contribution in [3.63, 3.8) is 0 Å². The van der Waals surface area contributed by atoms with Crippen LogP contribution in [0.15, 0.2) is 84.1 Å². The average molecular weight is 407 g/mol. The van der Waals surface area contributed by atoms with Gasteiger partial charge in [-0.1, -0.05) is 24.3 Å². The first-order valence-electron chi connectivity index (χ1n) is 9.36. The van der Waals surface area contributed by atoms with Crippen molar-refractivity contribution < 1.29 is 12.8 Å². The molecular weight excluding hydrogens is 389 g/mol. The van der Waals surface area contributed by atoms with Gasteiger partial charge in [-0.25, -0.2) is 16.8 Å². The van der Waals surface area contributed by atoms with E-state index in [1.54, 1.807) is 54.7 Å². The maximum absolute atomic E-state index is 14.3. The maximum atomic E-state index is 14.3. The molecule has 0 radical (unpaired) electrons. The molecule has 146 valence electrons. The van der Waals surface area contributed by atoms with E-state index in [-0.39, 0.29) is 16.2 Å². The van der Waals surface area contributed by atoms with Gasteiger partial charge in [-0.15, -0.1) is 0 Å². The lowest BCUT2D eigenvalue weighted by Crippen LogP contribution is -2.13. The third-order valence-corrected chi connectivity index (χ3v) is 6.80. The molecule has 4 aromatic rings. The van der Waals surface area contributed by atoms with Crippen LogP contribution in [0, 0.1) is 5.82 Å². The Morgan fingerprint density at radius 1 is 0.966 bits per heavy atom. The minimum atomic E-state index is -3.90. The van der Waals surface area contributed by atoms with Crippen LogP contribution in [0.3, 0.4) is 0 Å². The Morgan fingerprint density at radius 2 is 1.79 bits per heavy atom. The third kappa shape index (κ3) is 3.17. The van der Waals surface area contributed by atoms with Crippen LogP contribution in [0.2, 0.25) is 0 Å². The van der Waals surface area contributed by atoms with E-state index in [2.05, 4.69) is 5.10 Å². The first kappa shape index (κ1) is 17.9. The van der Waals surface area contributed by atoms with Crippen molar-refractivity contribution in [2.24, 2.45) is 0 Å². The summed E-state index contributed by atoms with van der Waals surface area (Å²) in [4.78, 5) is 0.142. The summed E-state index contributed by atoms with van der Waals surface area (Å²) >= 11 is 0. The van der Waals surface area contributed by atoms with Gasteiger partial charge in [-0.2, -0.15) is 5.10 Å². The number of hydrogen-bond acceptors (Lipinski definition) is 3. The molecule has 5 nitrogen and oxygen atoms in total. The summed E-state index contributed by atoms with van der Waals surface area (Å²) in [6, 6.07) is 16.6. The summed E-state index contributed by atoms with van der Waals surface area (Å²) in [6.45, 7) is 0. The van der Waals surface area contributed by atoms with Crippen molar-refractivity contribution >= 4 is 10.0 Å². The second-order valence-corrected chi connectivity index (χ2v) is 8.96. The Kier molecular flexibility index (Phi) is 4.13. The SMILES string of the molecule is O=S(=O)(c1cccc(-c2cnn(C3CC3)c2)c1)n1cccc1-c1ccccc1F. The van der Waals surface area contributed by atoms with Crippen molar-refractivity contribution in [1.29, 1.82) is 0 Å². The van der Waals surface area contributed by atoms with Crippen molar-refractivity contribution in [3.8, 4) is 22.4 Å². The molecule has 5 rings (SSSR count). The molecule has 29 heavy (non-hydrogen) atoms. The Balaban J connectivity index is 1.56. The molecule has 0 saturated heterocycles. The van der Waals surface area contributed by atoms with Crippen LogP contribution in [-0.2, 0) is 10.0 Å². The van der Waals surface area contributed by atoms with Gasteiger partial charge in [0.15, 0.2) is 0 Å². The Morgan fingerprint density at radius 3 is 2.59 bits per heavy atom. The number of hydrogen-bond donors (Lipinski definition) is 0. The normalized spacial score (nSPS) is 14.2. The van der Waals surface area contributed by atoms with Crippen LogP contribution < -0.4 is 0 Å². The monoisotopic (exact) mass is 407 g/mol. The van der Waals surface area contributed by atoms with Gasteiger partial charge in [0.05, 0.1) is 22.8 Å². The van der Waals surface area contributed by atoms with Gasteiger partial charge in [0.2, 0.25) is 0 Å². The molecule has 0 unspecified atom stereocenters. The summed E-state index contributed by atoms with van der Waals surface area (Å²) in [5.74, 6) is -0.469. The van der Waals surface area contributed by atoms with E-state index >= 15 is 0 Å². The lowest BCUT2D eigenvalue weighted by molar-refractivity contribution is 0.587. The molecular formula is C22H18FN3O2S. The lowest BCUT2D eigenvalue weighted by Gasteiger charge is -2.12. The van der Waals surface area contributed by atoms with Crippen molar-refractivity contribution in [2.75, 3.05) is 0 Å². The van der Waals surface area contributed by atoms with E-state index in [9.17, 15) is 12.8 Å². The van der Waals surface area contributed by atoms with Gasteiger partial charge < -0.3 is 0 Å². The highest BCUT2D eigenvalue weighted by atomic mass is 32.2. The van der Waals surface area contributed by atoms with Gasteiger partial charge in [0, 0.05) is 23.5 Å². The summed E-state index contributed by atoms with van der Waals surface area (Å²) < 4.78 is 44.0. The Hall–Kier alpha value is -3.19. The Bertz CT molecular complexity index is 1300. The largest absolute Gasteiger partial charge is 0.269 e. The molecule has 7 heteroatoms. The van der Waals surface area contributed by atoms with Gasteiger partial charge in [0.1, 0.15) is 5.82 Å². The van der Waals surface area contributed by atoms with Gasteiger partial charge in [-0.3, -0.25) is 4.68 Å². The first-order chi connectivity index (χ1) is 14.0. The Labute approximate surface area is 168 Å². The van der Waals surface area contributed by atoms with Gasteiger partial charge in [0.25, 0.3) is 10.0 Å². The summed E-state index contributed by atoms with van der Waals surface area (Å²) in [7, 11) is -3.90. The molecule has 0 amide bonds. The van der Waals surface area contributed by atoms with E-state index < -0.39 is 15.8 Å². The standard InChI is InChI=1S/C22H18FN3O2S/c23-21-8-2-1-7-20(21)22-9-4-12-26(22)29(27,28)19-6-3-5-16(13-19)17-14-24-25(15-17)18-10-11-18/h1-9,12-15,18H,10-11H2. The zero-order valence-corrected chi connectivity index (χ0v) is 16.3. The second kappa shape index (κ2) is 6.70. The fourth-order valence-corrected chi connectivity index (χ4v) is 4.83.